The number of nitrogens with one attached hydrogen (secondary N) is 1. The van der Waals surface area contributed by atoms with Gasteiger partial charge in [-0.15, -0.1) is 11.8 Å². The zero-order valence-corrected chi connectivity index (χ0v) is 10.1. The fraction of sp³-hybridized carbons (Fsp3) is 0.273. The molecule has 0 atom stereocenters. The van der Waals surface area contributed by atoms with Gasteiger partial charge in [-0.25, -0.2) is 10.3 Å². The van der Waals surface area contributed by atoms with Crippen LogP contribution < -0.4 is 5.48 Å². The maximum absolute atomic E-state index is 11.3. The SMILES string of the molecule is Cc1ccccc1SCC(=O)NOCC(=O)O. The number of amides is 1. The van der Waals surface area contributed by atoms with Gasteiger partial charge >= 0.3 is 5.97 Å². The Kier molecular flexibility index (Phi) is 5.51. The van der Waals surface area contributed by atoms with E-state index in [1.807, 2.05) is 31.2 Å². The summed E-state index contributed by atoms with van der Waals surface area (Å²) in [5.41, 5.74) is 3.16. The monoisotopic (exact) mass is 255 g/mol. The summed E-state index contributed by atoms with van der Waals surface area (Å²) in [5, 5.41) is 8.29. The van der Waals surface area contributed by atoms with E-state index in [2.05, 4.69) is 10.3 Å². The van der Waals surface area contributed by atoms with Gasteiger partial charge in [0.15, 0.2) is 6.61 Å². The molecular weight excluding hydrogens is 242 g/mol. The lowest BCUT2D eigenvalue weighted by Gasteiger charge is -2.05. The number of benzene rings is 1. The second kappa shape index (κ2) is 6.93. The van der Waals surface area contributed by atoms with Crippen molar-refractivity contribution in [3.05, 3.63) is 29.8 Å². The first-order valence-corrected chi connectivity index (χ1v) is 5.89. The number of hydroxylamine groups is 1. The van der Waals surface area contributed by atoms with Crippen molar-refractivity contribution >= 4 is 23.6 Å². The number of thioether (sulfide) groups is 1. The van der Waals surface area contributed by atoms with Crippen molar-refractivity contribution in [2.24, 2.45) is 0 Å². The lowest BCUT2D eigenvalue weighted by atomic mass is 10.2. The molecular formula is C11H13NO4S. The second-order valence-corrected chi connectivity index (χ2v) is 4.28. The van der Waals surface area contributed by atoms with Gasteiger partial charge in [0, 0.05) is 4.90 Å². The zero-order valence-electron chi connectivity index (χ0n) is 9.30. The molecule has 0 aliphatic carbocycles. The summed E-state index contributed by atoms with van der Waals surface area (Å²) in [4.78, 5) is 26.9. The fourth-order valence-electron chi connectivity index (χ4n) is 1.07. The molecule has 0 bridgehead atoms. The van der Waals surface area contributed by atoms with Crippen LogP contribution in [0.5, 0.6) is 0 Å². The predicted molar refractivity (Wildman–Crippen MR) is 63.6 cm³/mol. The second-order valence-electron chi connectivity index (χ2n) is 3.26. The third-order valence-corrected chi connectivity index (χ3v) is 3.01. The number of rotatable bonds is 6. The van der Waals surface area contributed by atoms with Gasteiger partial charge in [0.05, 0.1) is 5.75 Å². The van der Waals surface area contributed by atoms with Crippen molar-refractivity contribution in [3.63, 3.8) is 0 Å². The van der Waals surface area contributed by atoms with Crippen LogP contribution >= 0.6 is 11.8 Å². The zero-order chi connectivity index (χ0) is 12.7. The van der Waals surface area contributed by atoms with E-state index in [1.165, 1.54) is 11.8 Å². The maximum atomic E-state index is 11.3. The van der Waals surface area contributed by atoms with E-state index in [9.17, 15) is 9.59 Å². The molecule has 0 heterocycles. The van der Waals surface area contributed by atoms with Crippen molar-refractivity contribution in [2.45, 2.75) is 11.8 Å². The van der Waals surface area contributed by atoms with Crippen LogP contribution in [0.25, 0.3) is 0 Å². The smallest absolute Gasteiger partial charge is 0.332 e. The Morgan fingerprint density at radius 1 is 1.41 bits per heavy atom. The quantitative estimate of drug-likeness (QED) is 0.590. The van der Waals surface area contributed by atoms with Gasteiger partial charge in [-0.2, -0.15) is 0 Å². The number of aliphatic carboxylic acids is 1. The molecule has 0 fully saturated rings. The van der Waals surface area contributed by atoms with E-state index in [0.29, 0.717) is 0 Å². The van der Waals surface area contributed by atoms with Crippen molar-refractivity contribution in [3.8, 4) is 0 Å². The molecule has 6 heteroatoms. The van der Waals surface area contributed by atoms with Crippen LogP contribution in [0, 0.1) is 6.92 Å². The molecule has 1 rings (SSSR count). The van der Waals surface area contributed by atoms with Crippen LogP contribution in [0.1, 0.15) is 5.56 Å². The van der Waals surface area contributed by atoms with E-state index in [4.69, 9.17) is 5.11 Å². The van der Waals surface area contributed by atoms with Gasteiger partial charge in [-0.1, -0.05) is 18.2 Å². The van der Waals surface area contributed by atoms with Crippen molar-refractivity contribution in [2.75, 3.05) is 12.4 Å². The molecule has 0 aliphatic rings. The fourth-order valence-corrected chi connectivity index (χ4v) is 1.89. The summed E-state index contributed by atoms with van der Waals surface area (Å²) < 4.78 is 0. The number of carboxylic acid groups (broad SMARTS) is 1. The topological polar surface area (TPSA) is 75.6 Å². The Balaban J connectivity index is 2.29. The van der Waals surface area contributed by atoms with Crippen LogP contribution in [0.4, 0.5) is 0 Å². The Labute approximate surface area is 103 Å². The van der Waals surface area contributed by atoms with Gasteiger partial charge in [-0.05, 0) is 18.6 Å². The van der Waals surface area contributed by atoms with E-state index < -0.39 is 12.6 Å². The summed E-state index contributed by atoms with van der Waals surface area (Å²) >= 11 is 1.37. The standard InChI is InChI=1S/C11H13NO4S/c1-8-4-2-3-5-9(8)17-7-10(13)12-16-6-11(14)15/h2-5H,6-7H2,1H3,(H,12,13)(H,14,15). The molecule has 0 spiro atoms. The van der Waals surface area contributed by atoms with Crippen molar-refractivity contribution < 1.29 is 19.5 Å². The number of carbonyl (C=O) groups excluding carboxylic acids is 1. The van der Waals surface area contributed by atoms with E-state index in [0.717, 1.165) is 10.5 Å². The van der Waals surface area contributed by atoms with Gasteiger partial charge in [0.25, 0.3) is 5.91 Å². The minimum atomic E-state index is -1.13. The summed E-state index contributed by atoms with van der Waals surface area (Å²) in [6, 6.07) is 7.70. The Hall–Kier alpha value is -1.53. The highest BCUT2D eigenvalue weighted by molar-refractivity contribution is 8.00. The molecule has 92 valence electrons. The molecule has 0 aromatic heterocycles. The lowest BCUT2D eigenvalue weighted by molar-refractivity contribution is -0.148. The summed E-state index contributed by atoms with van der Waals surface area (Å²) in [7, 11) is 0. The van der Waals surface area contributed by atoms with Crippen LogP contribution in [-0.2, 0) is 14.4 Å². The van der Waals surface area contributed by atoms with Gasteiger partial charge in [-0.3, -0.25) is 9.63 Å². The molecule has 1 amide bonds. The van der Waals surface area contributed by atoms with Crippen molar-refractivity contribution in [1.82, 2.24) is 5.48 Å². The number of carboxylic acids is 1. The molecule has 1 aromatic carbocycles. The minimum absolute atomic E-state index is 0.185. The normalized spacial score (nSPS) is 9.94. The Bertz CT molecular complexity index is 408. The molecule has 0 aliphatic heterocycles. The number of hydrogen-bond acceptors (Lipinski definition) is 4. The molecule has 0 radical (unpaired) electrons. The van der Waals surface area contributed by atoms with Crippen LogP contribution in [-0.4, -0.2) is 29.3 Å². The van der Waals surface area contributed by atoms with Crippen LogP contribution in [0.15, 0.2) is 29.2 Å². The van der Waals surface area contributed by atoms with E-state index in [-0.39, 0.29) is 11.7 Å². The molecule has 1 aromatic rings. The first kappa shape index (κ1) is 13.5. The lowest BCUT2D eigenvalue weighted by Crippen LogP contribution is -2.28. The first-order chi connectivity index (χ1) is 8.09. The number of aryl methyl sites for hydroxylation is 1. The van der Waals surface area contributed by atoms with Crippen LogP contribution in [0.2, 0.25) is 0 Å². The predicted octanol–water partition coefficient (Wildman–Crippen LogP) is 1.22. The van der Waals surface area contributed by atoms with E-state index >= 15 is 0 Å². The minimum Gasteiger partial charge on any atom is -0.479 e. The molecule has 2 N–H and O–H groups in total. The largest absolute Gasteiger partial charge is 0.479 e. The maximum Gasteiger partial charge on any atom is 0.332 e. The Morgan fingerprint density at radius 2 is 2.12 bits per heavy atom. The van der Waals surface area contributed by atoms with Gasteiger partial charge < -0.3 is 5.11 Å². The number of carbonyl (C=O) groups is 2. The average Bonchev–Trinajstić information content (AvgIpc) is 2.27. The Morgan fingerprint density at radius 3 is 2.76 bits per heavy atom. The molecule has 17 heavy (non-hydrogen) atoms. The molecule has 0 unspecified atom stereocenters. The highest BCUT2D eigenvalue weighted by atomic mass is 32.2. The first-order valence-electron chi connectivity index (χ1n) is 4.90. The summed E-state index contributed by atoms with van der Waals surface area (Å²) in [6.45, 7) is 1.42. The summed E-state index contributed by atoms with van der Waals surface area (Å²) in [6.07, 6.45) is 0. The van der Waals surface area contributed by atoms with Crippen molar-refractivity contribution in [1.29, 1.82) is 0 Å². The average molecular weight is 255 g/mol. The third kappa shape index (κ3) is 5.37. The molecule has 0 saturated heterocycles. The molecule has 0 saturated carbocycles. The third-order valence-electron chi connectivity index (χ3n) is 1.83. The van der Waals surface area contributed by atoms with E-state index in [1.54, 1.807) is 0 Å². The van der Waals surface area contributed by atoms with Gasteiger partial charge in [0.1, 0.15) is 0 Å². The highest BCUT2D eigenvalue weighted by Crippen LogP contribution is 2.21. The highest BCUT2D eigenvalue weighted by Gasteiger charge is 2.05. The van der Waals surface area contributed by atoms with Crippen LogP contribution in [0.3, 0.4) is 0 Å². The summed E-state index contributed by atoms with van der Waals surface area (Å²) in [5.74, 6) is -1.30. The molecule has 5 nitrogen and oxygen atoms in total. The number of hydrogen-bond donors (Lipinski definition) is 2. The van der Waals surface area contributed by atoms with Gasteiger partial charge in [0.2, 0.25) is 0 Å².